The van der Waals surface area contributed by atoms with E-state index in [9.17, 15) is 13.0 Å². The third kappa shape index (κ3) is 2.28. The molecule has 0 radical (unpaired) electrons. The van der Waals surface area contributed by atoms with Crippen LogP contribution < -0.4 is 0 Å². The summed E-state index contributed by atoms with van der Waals surface area (Å²) in [4.78, 5) is 0.0445. The molecular formula is C12H18O3S. The van der Waals surface area contributed by atoms with E-state index in [0.717, 1.165) is 16.7 Å². The van der Waals surface area contributed by atoms with Crippen LogP contribution in [0.1, 0.15) is 42.0 Å². The van der Waals surface area contributed by atoms with Gasteiger partial charge in [0.05, 0.1) is 4.90 Å². The zero-order chi connectivity index (χ0) is 12.7. The van der Waals surface area contributed by atoms with Crippen LogP contribution in [0.3, 0.4) is 0 Å². The Morgan fingerprint density at radius 3 is 2.00 bits per heavy atom. The Hall–Kier alpha value is -0.870. The van der Waals surface area contributed by atoms with Crippen LogP contribution in [-0.2, 0) is 10.1 Å². The van der Waals surface area contributed by atoms with Gasteiger partial charge in [0.25, 0.3) is 10.1 Å². The lowest BCUT2D eigenvalue weighted by molar-refractivity contribution is 0.481. The molecule has 90 valence electrons. The fourth-order valence-corrected chi connectivity index (χ4v) is 2.99. The van der Waals surface area contributed by atoms with Gasteiger partial charge in [-0.3, -0.25) is 4.55 Å². The van der Waals surface area contributed by atoms with Crippen LogP contribution in [0.2, 0.25) is 0 Å². The number of aryl methyl sites for hydroxylation is 1. The molecule has 0 spiro atoms. The first kappa shape index (κ1) is 13.2. The fraction of sp³-hybridized carbons (Fsp3) is 0.500. The predicted molar refractivity (Wildman–Crippen MR) is 64.6 cm³/mol. The van der Waals surface area contributed by atoms with Crippen molar-refractivity contribution in [3.05, 3.63) is 28.3 Å². The lowest BCUT2D eigenvalue weighted by atomic mass is 9.92. The van der Waals surface area contributed by atoms with E-state index in [1.54, 1.807) is 6.07 Å². The van der Waals surface area contributed by atoms with Crippen LogP contribution in [0.5, 0.6) is 0 Å². The van der Waals surface area contributed by atoms with Crippen molar-refractivity contribution in [2.45, 2.75) is 45.4 Å². The second-order valence-corrected chi connectivity index (χ2v) is 5.88. The first-order chi connectivity index (χ1) is 7.16. The van der Waals surface area contributed by atoms with Gasteiger partial charge in [0.1, 0.15) is 0 Å². The van der Waals surface area contributed by atoms with Crippen LogP contribution in [-0.4, -0.2) is 13.0 Å². The van der Waals surface area contributed by atoms with Gasteiger partial charge in [-0.15, -0.1) is 0 Å². The minimum Gasteiger partial charge on any atom is -0.282 e. The molecule has 0 aliphatic rings. The summed E-state index contributed by atoms with van der Waals surface area (Å²) in [6.45, 7) is 9.55. The van der Waals surface area contributed by atoms with Crippen molar-refractivity contribution in [2.24, 2.45) is 0 Å². The summed E-state index contributed by atoms with van der Waals surface area (Å²) < 4.78 is 31.9. The molecular weight excluding hydrogens is 224 g/mol. The topological polar surface area (TPSA) is 54.4 Å². The summed E-state index contributed by atoms with van der Waals surface area (Å²) in [5, 5.41) is 0. The zero-order valence-corrected chi connectivity index (χ0v) is 11.1. The van der Waals surface area contributed by atoms with E-state index in [1.807, 2.05) is 34.6 Å². The van der Waals surface area contributed by atoms with E-state index in [1.165, 1.54) is 0 Å². The summed E-state index contributed by atoms with van der Waals surface area (Å²) >= 11 is 0. The van der Waals surface area contributed by atoms with Gasteiger partial charge < -0.3 is 0 Å². The Morgan fingerprint density at radius 2 is 1.62 bits per heavy atom. The Balaban J connectivity index is 3.74. The SMILES string of the molecule is Cc1cc(S(=O)(=O)O)c(C(C)C)c(C)c1C. The predicted octanol–water partition coefficient (Wildman–Crippen LogP) is 2.98. The summed E-state index contributed by atoms with van der Waals surface area (Å²) in [5.74, 6) is 0.0659. The van der Waals surface area contributed by atoms with Crippen LogP contribution in [0.4, 0.5) is 0 Å². The maximum absolute atomic E-state index is 11.3. The highest BCUT2D eigenvalue weighted by Crippen LogP contribution is 2.31. The van der Waals surface area contributed by atoms with Crippen molar-refractivity contribution >= 4 is 10.1 Å². The summed E-state index contributed by atoms with van der Waals surface area (Å²) in [6.07, 6.45) is 0. The van der Waals surface area contributed by atoms with Gasteiger partial charge in [-0.1, -0.05) is 13.8 Å². The highest BCUT2D eigenvalue weighted by molar-refractivity contribution is 7.85. The molecule has 1 aromatic carbocycles. The second kappa shape index (κ2) is 4.18. The first-order valence-electron chi connectivity index (χ1n) is 5.24. The van der Waals surface area contributed by atoms with Gasteiger partial charge in [-0.05, 0) is 55.0 Å². The molecule has 0 saturated carbocycles. The van der Waals surface area contributed by atoms with E-state index in [2.05, 4.69) is 0 Å². The average molecular weight is 242 g/mol. The van der Waals surface area contributed by atoms with Crippen molar-refractivity contribution in [2.75, 3.05) is 0 Å². The zero-order valence-electron chi connectivity index (χ0n) is 10.3. The van der Waals surface area contributed by atoms with Gasteiger partial charge in [0, 0.05) is 0 Å². The highest BCUT2D eigenvalue weighted by Gasteiger charge is 2.21. The van der Waals surface area contributed by atoms with E-state index in [4.69, 9.17) is 0 Å². The largest absolute Gasteiger partial charge is 0.294 e. The number of hydrogen-bond donors (Lipinski definition) is 1. The van der Waals surface area contributed by atoms with Crippen molar-refractivity contribution in [1.82, 2.24) is 0 Å². The van der Waals surface area contributed by atoms with E-state index in [0.29, 0.717) is 5.56 Å². The summed E-state index contributed by atoms with van der Waals surface area (Å²) in [6, 6.07) is 1.55. The van der Waals surface area contributed by atoms with Crippen LogP contribution in [0, 0.1) is 20.8 Å². The molecule has 0 aromatic heterocycles. The molecule has 0 atom stereocenters. The smallest absolute Gasteiger partial charge is 0.282 e. The third-order valence-electron chi connectivity index (χ3n) is 3.03. The van der Waals surface area contributed by atoms with Gasteiger partial charge in [-0.2, -0.15) is 8.42 Å². The molecule has 0 fully saturated rings. The maximum Gasteiger partial charge on any atom is 0.294 e. The summed E-state index contributed by atoms with van der Waals surface area (Å²) in [5.41, 5.74) is 3.62. The van der Waals surface area contributed by atoms with Gasteiger partial charge >= 0.3 is 0 Å². The molecule has 1 N–H and O–H groups in total. The molecule has 0 saturated heterocycles. The molecule has 0 aliphatic heterocycles. The lowest BCUT2D eigenvalue weighted by Gasteiger charge is -2.18. The Labute approximate surface area is 97.2 Å². The Morgan fingerprint density at radius 1 is 1.12 bits per heavy atom. The first-order valence-corrected chi connectivity index (χ1v) is 6.68. The van der Waals surface area contributed by atoms with Crippen molar-refractivity contribution in [3.63, 3.8) is 0 Å². The van der Waals surface area contributed by atoms with Crippen molar-refractivity contribution in [1.29, 1.82) is 0 Å². The van der Waals surface area contributed by atoms with Crippen LogP contribution in [0.25, 0.3) is 0 Å². The van der Waals surface area contributed by atoms with Crippen LogP contribution in [0.15, 0.2) is 11.0 Å². The van der Waals surface area contributed by atoms with Gasteiger partial charge in [0.15, 0.2) is 0 Å². The van der Waals surface area contributed by atoms with Gasteiger partial charge in [-0.25, -0.2) is 0 Å². The minimum atomic E-state index is -4.14. The number of rotatable bonds is 2. The van der Waals surface area contributed by atoms with Crippen molar-refractivity contribution < 1.29 is 13.0 Å². The maximum atomic E-state index is 11.3. The summed E-state index contributed by atoms with van der Waals surface area (Å²) in [7, 11) is -4.14. The lowest BCUT2D eigenvalue weighted by Crippen LogP contribution is -2.08. The van der Waals surface area contributed by atoms with Crippen LogP contribution >= 0.6 is 0 Å². The van der Waals surface area contributed by atoms with E-state index < -0.39 is 10.1 Å². The molecule has 3 nitrogen and oxygen atoms in total. The molecule has 0 aliphatic carbocycles. The Kier molecular flexibility index (Phi) is 3.45. The molecule has 0 heterocycles. The van der Waals surface area contributed by atoms with Gasteiger partial charge in [0.2, 0.25) is 0 Å². The minimum absolute atomic E-state index is 0.0445. The second-order valence-electron chi connectivity index (χ2n) is 4.49. The Bertz CT molecular complexity index is 514. The molecule has 1 rings (SSSR count). The van der Waals surface area contributed by atoms with E-state index in [-0.39, 0.29) is 10.8 Å². The highest BCUT2D eigenvalue weighted by atomic mass is 32.2. The number of benzene rings is 1. The van der Waals surface area contributed by atoms with E-state index >= 15 is 0 Å². The molecule has 0 amide bonds. The average Bonchev–Trinajstić information content (AvgIpc) is 2.11. The molecule has 4 heteroatoms. The normalized spacial score (nSPS) is 12.2. The molecule has 16 heavy (non-hydrogen) atoms. The molecule has 0 bridgehead atoms. The number of hydrogen-bond acceptors (Lipinski definition) is 2. The molecule has 1 aromatic rings. The quantitative estimate of drug-likeness (QED) is 0.811. The monoisotopic (exact) mass is 242 g/mol. The standard InChI is InChI=1S/C12H18O3S/c1-7(2)12-10(5)9(4)8(3)6-11(12)16(13,14)15/h6-7H,1-5H3,(H,13,14,15). The fourth-order valence-electron chi connectivity index (χ4n) is 2.00. The third-order valence-corrected chi connectivity index (χ3v) is 3.92. The van der Waals surface area contributed by atoms with Crippen molar-refractivity contribution in [3.8, 4) is 0 Å². The molecule has 0 unspecified atom stereocenters.